The Hall–Kier alpha value is -2.62. The van der Waals surface area contributed by atoms with Crippen molar-refractivity contribution in [2.45, 2.75) is 50.6 Å². The minimum atomic E-state index is -0.242. The smallest absolute Gasteiger partial charge is 0.223 e. The molecule has 2 amide bonds. The maximum absolute atomic E-state index is 13.0. The first-order valence-corrected chi connectivity index (χ1v) is 9.81. The molecule has 1 unspecified atom stereocenters. The maximum Gasteiger partial charge on any atom is 0.223 e. The minimum Gasteiger partial charge on any atom is -0.347 e. The fraction of sp³-hybridized carbons (Fsp3) is 0.391. The van der Waals surface area contributed by atoms with Gasteiger partial charge in [-0.25, -0.2) is 0 Å². The van der Waals surface area contributed by atoms with Crippen molar-refractivity contribution < 1.29 is 9.59 Å². The molecule has 1 aliphatic heterocycles. The lowest BCUT2D eigenvalue weighted by molar-refractivity contribution is -0.133. The third-order valence-corrected chi connectivity index (χ3v) is 6.11. The van der Waals surface area contributed by atoms with E-state index in [1.165, 1.54) is 11.1 Å². The van der Waals surface area contributed by atoms with Crippen LogP contribution < -0.4 is 5.32 Å². The molecule has 4 nitrogen and oxygen atoms in total. The number of carbonyl (C=O) groups is 2. The third-order valence-electron chi connectivity index (χ3n) is 6.11. The molecule has 4 rings (SSSR count). The normalized spacial score (nSPS) is 20.3. The molecule has 1 N–H and O–H groups in total. The quantitative estimate of drug-likeness (QED) is 0.901. The average Bonchev–Trinajstić information content (AvgIpc) is 2.65. The molecule has 1 saturated carbocycles. The predicted molar refractivity (Wildman–Crippen MR) is 105 cm³/mol. The van der Waals surface area contributed by atoms with Gasteiger partial charge in [-0.15, -0.1) is 0 Å². The highest BCUT2D eigenvalue weighted by Gasteiger charge is 2.41. The van der Waals surface area contributed by atoms with Gasteiger partial charge in [0, 0.05) is 13.5 Å². The van der Waals surface area contributed by atoms with Crippen LogP contribution in [0.15, 0.2) is 54.6 Å². The second kappa shape index (κ2) is 7.18. The lowest BCUT2D eigenvalue weighted by Gasteiger charge is -2.44. The number of amides is 2. The van der Waals surface area contributed by atoms with Gasteiger partial charge in [0.1, 0.15) is 0 Å². The number of hydrogen-bond acceptors (Lipinski definition) is 2. The van der Waals surface area contributed by atoms with E-state index in [9.17, 15) is 9.59 Å². The van der Waals surface area contributed by atoms with Gasteiger partial charge in [-0.3, -0.25) is 9.59 Å². The van der Waals surface area contributed by atoms with Crippen LogP contribution in [-0.2, 0) is 21.5 Å². The van der Waals surface area contributed by atoms with Crippen LogP contribution in [0.2, 0.25) is 0 Å². The van der Waals surface area contributed by atoms with Crippen LogP contribution in [0.4, 0.5) is 0 Å². The molecule has 0 spiro atoms. The Morgan fingerprint density at radius 2 is 1.78 bits per heavy atom. The summed E-state index contributed by atoms with van der Waals surface area (Å²) in [5, 5.41) is 3.31. The van der Waals surface area contributed by atoms with Crippen molar-refractivity contribution in [3.8, 4) is 0 Å². The van der Waals surface area contributed by atoms with Crippen LogP contribution in [0.3, 0.4) is 0 Å². The first-order chi connectivity index (χ1) is 13.1. The summed E-state index contributed by atoms with van der Waals surface area (Å²) in [5.41, 5.74) is 3.29. The Balaban J connectivity index is 1.55. The topological polar surface area (TPSA) is 49.4 Å². The fourth-order valence-electron chi connectivity index (χ4n) is 4.52. The zero-order chi connectivity index (χ0) is 18.9. The second-order valence-corrected chi connectivity index (χ2v) is 7.73. The molecule has 0 saturated heterocycles. The number of nitrogens with zero attached hydrogens (tertiary/aromatic N) is 1. The standard InChI is InChI=1S/C23H26N2O2/c1-17(26)25-15-12-18-8-5-6-11-20(18)21(25)16-22(27)24-23(13-7-14-23)19-9-3-2-4-10-19/h2-6,8-11,21H,7,12-16H2,1H3,(H,24,27). The third kappa shape index (κ3) is 3.36. The van der Waals surface area contributed by atoms with Crippen molar-refractivity contribution in [3.63, 3.8) is 0 Å². The Bertz CT molecular complexity index is 842. The van der Waals surface area contributed by atoms with E-state index in [-0.39, 0.29) is 23.4 Å². The lowest BCUT2D eigenvalue weighted by atomic mass is 9.71. The van der Waals surface area contributed by atoms with E-state index >= 15 is 0 Å². The van der Waals surface area contributed by atoms with Gasteiger partial charge < -0.3 is 10.2 Å². The molecule has 27 heavy (non-hydrogen) atoms. The Morgan fingerprint density at radius 3 is 2.44 bits per heavy atom. The van der Waals surface area contributed by atoms with Crippen molar-refractivity contribution in [2.75, 3.05) is 6.54 Å². The summed E-state index contributed by atoms with van der Waals surface area (Å²) in [4.78, 5) is 27.0. The summed E-state index contributed by atoms with van der Waals surface area (Å²) in [5.74, 6) is 0.0511. The van der Waals surface area contributed by atoms with Crippen molar-refractivity contribution in [1.29, 1.82) is 0 Å². The number of benzene rings is 2. The number of fused-ring (bicyclic) bond motifs is 1. The van der Waals surface area contributed by atoms with E-state index in [0.717, 1.165) is 31.2 Å². The van der Waals surface area contributed by atoms with Crippen LogP contribution in [0, 0.1) is 0 Å². The Labute approximate surface area is 160 Å². The molecule has 0 aromatic heterocycles. The molecule has 140 valence electrons. The van der Waals surface area contributed by atoms with E-state index in [1.807, 2.05) is 35.2 Å². The van der Waals surface area contributed by atoms with E-state index in [4.69, 9.17) is 0 Å². The van der Waals surface area contributed by atoms with Gasteiger partial charge in [-0.05, 0) is 42.4 Å². The van der Waals surface area contributed by atoms with Crippen LogP contribution in [0.1, 0.15) is 55.3 Å². The predicted octanol–water partition coefficient (Wildman–Crippen LogP) is 3.72. The first kappa shape index (κ1) is 17.8. The zero-order valence-electron chi connectivity index (χ0n) is 15.8. The van der Waals surface area contributed by atoms with Gasteiger partial charge in [-0.1, -0.05) is 54.6 Å². The summed E-state index contributed by atoms with van der Waals surface area (Å²) >= 11 is 0. The van der Waals surface area contributed by atoms with Crippen LogP contribution in [0.25, 0.3) is 0 Å². The van der Waals surface area contributed by atoms with E-state index in [0.29, 0.717) is 13.0 Å². The number of hydrogen-bond donors (Lipinski definition) is 1. The Morgan fingerprint density at radius 1 is 1.07 bits per heavy atom. The first-order valence-electron chi connectivity index (χ1n) is 9.81. The molecule has 2 aliphatic rings. The molecule has 0 bridgehead atoms. The highest BCUT2D eigenvalue weighted by molar-refractivity contribution is 5.80. The molecule has 1 aliphatic carbocycles. The van der Waals surface area contributed by atoms with E-state index in [1.54, 1.807) is 6.92 Å². The molecular formula is C23H26N2O2. The SMILES string of the molecule is CC(=O)N1CCc2ccccc2C1CC(=O)NC1(c2ccccc2)CCC1. The van der Waals surface area contributed by atoms with Gasteiger partial charge in [0.05, 0.1) is 18.0 Å². The molecule has 2 aromatic carbocycles. The highest BCUT2D eigenvalue weighted by atomic mass is 16.2. The summed E-state index contributed by atoms with van der Waals surface area (Å²) in [6.45, 7) is 2.27. The number of nitrogens with one attached hydrogen (secondary N) is 1. The van der Waals surface area contributed by atoms with E-state index in [2.05, 4.69) is 29.6 Å². The fourth-order valence-corrected chi connectivity index (χ4v) is 4.52. The highest BCUT2D eigenvalue weighted by Crippen LogP contribution is 2.41. The number of carbonyl (C=O) groups excluding carboxylic acids is 2. The molecule has 4 heteroatoms. The largest absolute Gasteiger partial charge is 0.347 e. The molecule has 1 fully saturated rings. The van der Waals surface area contributed by atoms with Crippen LogP contribution >= 0.6 is 0 Å². The summed E-state index contributed by atoms with van der Waals surface area (Å²) in [6, 6.07) is 18.2. The average molecular weight is 362 g/mol. The van der Waals surface area contributed by atoms with Gasteiger partial charge in [0.2, 0.25) is 11.8 Å². The molecule has 0 radical (unpaired) electrons. The van der Waals surface area contributed by atoms with Gasteiger partial charge in [0.15, 0.2) is 0 Å². The van der Waals surface area contributed by atoms with Crippen molar-refractivity contribution in [2.24, 2.45) is 0 Å². The van der Waals surface area contributed by atoms with Crippen molar-refractivity contribution in [1.82, 2.24) is 10.2 Å². The number of rotatable bonds is 4. The maximum atomic E-state index is 13.0. The summed E-state index contributed by atoms with van der Waals surface area (Å²) < 4.78 is 0. The molecule has 2 aromatic rings. The van der Waals surface area contributed by atoms with Crippen molar-refractivity contribution in [3.05, 3.63) is 71.3 Å². The van der Waals surface area contributed by atoms with Crippen LogP contribution in [-0.4, -0.2) is 23.3 Å². The van der Waals surface area contributed by atoms with Gasteiger partial charge in [-0.2, -0.15) is 0 Å². The lowest BCUT2D eigenvalue weighted by Crippen LogP contribution is -2.52. The van der Waals surface area contributed by atoms with Gasteiger partial charge >= 0.3 is 0 Å². The summed E-state index contributed by atoms with van der Waals surface area (Å²) in [7, 11) is 0. The van der Waals surface area contributed by atoms with Crippen molar-refractivity contribution >= 4 is 11.8 Å². The summed E-state index contributed by atoms with van der Waals surface area (Å²) in [6.07, 6.45) is 4.23. The monoisotopic (exact) mass is 362 g/mol. The van der Waals surface area contributed by atoms with Crippen LogP contribution in [0.5, 0.6) is 0 Å². The Kier molecular flexibility index (Phi) is 4.73. The minimum absolute atomic E-state index is 0.0199. The molecular weight excluding hydrogens is 336 g/mol. The van der Waals surface area contributed by atoms with E-state index < -0.39 is 0 Å². The second-order valence-electron chi connectivity index (χ2n) is 7.73. The molecule has 1 heterocycles. The molecule has 1 atom stereocenters. The zero-order valence-corrected chi connectivity index (χ0v) is 15.8. The van der Waals surface area contributed by atoms with Gasteiger partial charge in [0.25, 0.3) is 0 Å².